The molecular weight excluding hydrogens is 370 g/mol. The highest BCUT2D eigenvalue weighted by Gasteiger charge is 2.20. The van der Waals surface area contributed by atoms with Gasteiger partial charge in [-0.05, 0) is 41.0 Å². The van der Waals surface area contributed by atoms with Crippen molar-refractivity contribution in [3.8, 4) is 11.1 Å². The Morgan fingerprint density at radius 3 is 2.68 bits per heavy atom. The Kier molecular flexibility index (Phi) is 4.18. The van der Waals surface area contributed by atoms with Gasteiger partial charge in [-0.2, -0.15) is 0 Å². The molecule has 1 aliphatic heterocycles. The van der Waals surface area contributed by atoms with Gasteiger partial charge in [0.2, 0.25) is 0 Å². The molecule has 0 saturated carbocycles. The van der Waals surface area contributed by atoms with Crippen molar-refractivity contribution in [1.29, 1.82) is 0 Å². The van der Waals surface area contributed by atoms with E-state index in [9.17, 15) is 4.79 Å². The zero-order valence-electron chi connectivity index (χ0n) is 15.6. The third-order valence-electron chi connectivity index (χ3n) is 5.65. The lowest BCUT2D eigenvalue weighted by molar-refractivity contribution is 0.307. The van der Waals surface area contributed by atoms with Gasteiger partial charge in [-0.15, -0.1) is 0 Å². The maximum Gasteiger partial charge on any atom is 0.269 e. The van der Waals surface area contributed by atoms with E-state index in [-0.39, 0.29) is 5.56 Å². The second kappa shape index (κ2) is 6.73. The molecule has 4 aromatic rings. The Balaban J connectivity index is 1.73. The Hall–Kier alpha value is -2.69. The number of hydrogen-bond donors (Lipinski definition) is 1. The van der Waals surface area contributed by atoms with Crippen LogP contribution in [0.1, 0.15) is 5.56 Å². The molecule has 2 heterocycles. The summed E-state index contributed by atoms with van der Waals surface area (Å²) in [6.07, 6.45) is 1.42. The molecule has 0 spiro atoms. The van der Waals surface area contributed by atoms with Crippen molar-refractivity contribution in [3.63, 3.8) is 0 Å². The fraction of sp³-hybridized carbons (Fsp3) is 0.217. The minimum atomic E-state index is -0.0794. The molecule has 4 nitrogen and oxygen atoms in total. The Bertz CT molecular complexity index is 1270. The van der Waals surface area contributed by atoms with E-state index < -0.39 is 0 Å². The number of nitrogens with zero attached hydrogens (tertiary/aromatic N) is 2. The Morgan fingerprint density at radius 2 is 1.93 bits per heavy atom. The van der Waals surface area contributed by atoms with Gasteiger partial charge in [-0.1, -0.05) is 48.0 Å². The van der Waals surface area contributed by atoms with Gasteiger partial charge in [-0.3, -0.25) is 4.79 Å². The van der Waals surface area contributed by atoms with Crippen LogP contribution in [-0.2, 0) is 6.54 Å². The predicted molar refractivity (Wildman–Crippen MR) is 115 cm³/mol. The average Bonchev–Trinajstić information content (AvgIpc) is 2.65. The third kappa shape index (κ3) is 2.81. The number of fused-ring (bicyclic) bond motifs is 2. The van der Waals surface area contributed by atoms with E-state index >= 15 is 0 Å². The SMILES string of the molecule is Cc1cccc2cccc(-c3cc4ncc(=O)n(CC5CNC5)c4cc3Cl)c12. The summed E-state index contributed by atoms with van der Waals surface area (Å²) in [5.41, 5.74) is 4.74. The number of nitrogens with one attached hydrogen (secondary N) is 1. The highest BCUT2D eigenvalue weighted by molar-refractivity contribution is 6.34. The van der Waals surface area contributed by atoms with Crippen LogP contribution in [-0.4, -0.2) is 22.6 Å². The lowest BCUT2D eigenvalue weighted by Gasteiger charge is -2.28. The normalized spacial score (nSPS) is 14.5. The van der Waals surface area contributed by atoms with Crippen molar-refractivity contribution in [1.82, 2.24) is 14.9 Å². The van der Waals surface area contributed by atoms with Crippen LogP contribution in [0.2, 0.25) is 5.02 Å². The monoisotopic (exact) mass is 389 g/mol. The van der Waals surface area contributed by atoms with Gasteiger partial charge >= 0.3 is 0 Å². The molecule has 0 amide bonds. The number of benzene rings is 3. The van der Waals surface area contributed by atoms with Gasteiger partial charge < -0.3 is 9.88 Å². The van der Waals surface area contributed by atoms with E-state index in [4.69, 9.17) is 11.6 Å². The number of aromatic nitrogens is 2. The van der Waals surface area contributed by atoms with E-state index in [0.29, 0.717) is 17.5 Å². The zero-order valence-corrected chi connectivity index (χ0v) is 16.3. The molecule has 1 saturated heterocycles. The van der Waals surface area contributed by atoms with Gasteiger partial charge in [-0.25, -0.2) is 4.98 Å². The number of hydrogen-bond acceptors (Lipinski definition) is 3. The van der Waals surface area contributed by atoms with Crippen LogP contribution in [0.4, 0.5) is 0 Å². The topological polar surface area (TPSA) is 46.9 Å². The van der Waals surface area contributed by atoms with Crippen LogP contribution >= 0.6 is 11.6 Å². The van der Waals surface area contributed by atoms with Crippen molar-refractivity contribution in [3.05, 3.63) is 75.7 Å². The summed E-state index contributed by atoms with van der Waals surface area (Å²) in [5.74, 6) is 0.475. The molecule has 0 aliphatic carbocycles. The van der Waals surface area contributed by atoms with Crippen LogP contribution in [0.5, 0.6) is 0 Å². The number of halogens is 1. The third-order valence-corrected chi connectivity index (χ3v) is 5.96. The van der Waals surface area contributed by atoms with Gasteiger partial charge in [0.25, 0.3) is 5.56 Å². The van der Waals surface area contributed by atoms with E-state index in [1.165, 1.54) is 22.5 Å². The first-order chi connectivity index (χ1) is 13.6. The summed E-state index contributed by atoms with van der Waals surface area (Å²) in [6.45, 7) is 4.69. The zero-order chi connectivity index (χ0) is 19.3. The Labute approximate surface area is 167 Å². The van der Waals surface area contributed by atoms with Gasteiger partial charge in [0.05, 0.1) is 22.3 Å². The van der Waals surface area contributed by atoms with Crippen LogP contribution in [0.25, 0.3) is 32.9 Å². The van der Waals surface area contributed by atoms with Crippen molar-refractivity contribution in [2.45, 2.75) is 13.5 Å². The molecule has 140 valence electrons. The minimum absolute atomic E-state index is 0.0794. The molecule has 0 bridgehead atoms. The highest BCUT2D eigenvalue weighted by atomic mass is 35.5. The largest absolute Gasteiger partial charge is 0.316 e. The molecular formula is C23H20ClN3O. The van der Waals surface area contributed by atoms with Gasteiger partial charge in [0.1, 0.15) is 0 Å². The Morgan fingerprint density at radius 1 is 1.14 bits per heavy atom. The molecule has 3 aromatic carbocycles. The summed E-state index contributed by atoms with van der Waals surface area (Å²) in [5, 5.41) is 6.27. The summed E-state index contributed by atoms with van der Waals surface area (Å²) in [6, 6.07) is 16.5. The van der Waals surface area contributed by atoms with E-state index in [1.807, 2.05) is 12.1 Å². The first-order valence-corrected chi connectivity index (χ1v) is 9.88. The molecule has 0 atom stereocenters. The molecule has 5 heteroatoms. The van der Waals surface area contributed by atoms with Crippen LogP contribution in [0.15, 0.2) is 59.5 Å². The molecule has 1 aliphatic rings. The smallest absolute Gasteiger partial charge is 0.269 e. The molecule has 1 fully saturated rings. The predicted octanol–water partition coefficient (Wildman–Crippen LogP) is 4.40. The standard InChI is InChI=1S/C23H20ClN3O/c1-14-4-2-5-16-6-3-7-17(23(14)16)18-8-20-21(9-19(18)24)27(22(28)12-26-20)13-15-10-25-11-15/h2-9,12,15,25H,10-11,13H2,1H3. The summed E-state index contributed by atoms with van der Waals surface area (Å²) >= 11 is 6.74. The lowest BCUT2D eigenvalue weighted by atomic mass is 9.94. The number of rotatable bonds is 3. The second-order valence-corrected chi connectivity index (χ2v) is 7.94. The van der Waals surface area contributed by atoms with Gasteiger partial charge in [0, 0.05) is 31.1 Å². The summed E-state index contributed by atoms with van der Waals surface area (Å²) in [4.78, 5) is 16.8. The molecule has 0 radical (unpaired) electrons. The second-order valence-electron chi connectivity index (χ2n) is 7.53. The summed E-state index contributed by atoms with van der Waals surface area (Å²) < 4.78 is 1.80. The molecule has 0 unspecified atom stereocenters. The quantitative estimate of drug-likeness (QED) is 0.565. The van der Waals surface area contributed by atoms with Crippen molar-refractivity contribution in [2.24, 2.45) is 5.92 Å². The minimum Gasteiger partial charge on any atom is -0.316 e. The van der Waals surface area contributed by atoms with E-state index in [1.54, 1.807) is 4.57 Å². The summed E-state index contributed by atoms with van der Waals surface area (Å²) in [7, 11) is 0. The van der Waals surface area contributed by atoms with Crippen LogP contribution in [0, 0.1) is 12.8 Å². The van der Waals surface area contributed by atoms with Crippen molar-refractivity contribution >= 4 is 33.4 Å². The maximum atomic E-state index is 12.4. The molecule has 1 aromatic heterocycles. The molecule has 5 rings (SSSR count). The van der Waals surface area contributed by atoms with E-state index in [0.717, 1.165) is 35.2 Å². The van der Waals surface area contributed by atoms with Crippen LogP contribution in [0.3, 0.4) is 0 Å². The maximum absolute atomic E-state index is 12.4. The first-order valence-electron chi connectivity index (χ1n) is 9.50. The van der Waals surface area contributed by atoms with Crippen molar-refractivity contribution in [2.75, 3.05) is 13.1 Å². The average molecular weight is 390 g/mol. The highest BCUT2D eigenvalue weighted by Crippen LogP contribution is 2.37. The molecule has 28 heavy (non-hydrogen) atoms. The van der Waals surface area contributed by atoms with Crippen molar-refractivity contribution < 1.29 is 0 Å². The molecule has 1 N–H and O–H groups in total. The first kappa shape index (κ1) is 17.4. The van der Waals surface area contributed by atoms with Gasteiger partial charge in [0.15, 0.2) is 0 Å². The fourth-order valence-electron chi connectivity index (χ4n) is 4.07. The van der Waals surface area contributed by atoms with Crippen LogP contribution < -0.4 is 10.9 Å². The fourth-order valence-corrected chi connectivity index (χ4v) is 4.33. The number of aryl methyl sites for hydroxylation is 1. The lowest BCUT2D eigenvalue weighted by Crippen LogP contribution is -2.45. The van der Waals surface area contributed by atoms with E-state index in [2.05, 4.69) is 53.6 Å².